The molecular formula is C15H21BrS. The minimum absolute atomic E-state index is 0.691. The van der Waals surface area contributed by atoms with Crippen molar-refractivity contribution in [3.8, 4) is 0 Å². The number of fused-ring (bicyclic) bond motifs is 1. The van der Waals surface area contributed by atoms with Gasteiger partial charge >= 0.3 is 0 Å². The van der Waals surface area contributed by atoms with Crippen molar-refractivity contribution >= 4 is 27.7 Å². The fraction of sp³-hybridized carbons (Fsp3) is 0.600. The third kappa shape index (κ3) is 3.75. The summed E-state index contributed by atoms with van der Waals surface area (Å²) in [7, 11) is 0. The van der Waals surface area contributed by atoms with Gasteiger partial charge in [0.1, 0.15) is 0 Å². The third-order valence-corrected chi connectivity index (χ3v) is 6.35. The van der Waals surface area contributed by atoms with Crippen LogP contribution in [-0.4, -0.2) is 10.1 Å². The fourth-order valence-electron chi connectivity index (χ4n) is 2.29. The molecule has 1 aliphatic heterocycles. The molecule has 0 radical (unpaired) electrons. The summed E-state index contributed by atoms with van der Waals surface area (Å²) in [5.41, 5.74) is 1.56. The predicted molar refractivity (Wildman–Crippen MR) is 81.2 cm³/mol. The summed E-state index contributed by atoms with van der Waals surface area (Å²) in [6.45, 7) is 4.58. The summed E-state index contributed by atoms with van der Waals surface area (Å²) >= 11 is 5.85. The van der Waals surface area contributed by atoms with Crippen LogP contribution in [0.1, 0.15) is 38.7 Å². The number of alkyl halides is 1. The predicted octanol–water partition coefficient (Wildman–Crippen LogP) is 5.29. The topological polar surface area (TPSA) is 0 Å². The highest BCUT2D eigenvalue weighted by molar-refractivity contribution is 9.09. The van der Waals surface area contributed by atoms with Crippen molar-refractivity contribution in [3.05, 3.63) is 29.8 Å². The van der Waals surface area contributed by atoms with Gasteiger partial charge in [0.05, 0.1) is 0 Å². The number of rotatable bonds is 5. The number of hydrogen-bond acceptors (Lipinski definition) is 1. The molecule has 0 bridgehead atoms. The van der Waals surface area contributed by atoms with Crippen LogP contribution in [0.2, 0.25) is 0 Å². The molecule has 94 valence electrons. The van der Waals surface area contributed by atoms with Crippen molar-refractivity contribution in [1.82, 2.24) is 0 Å². The lowest BCUT2D eigenvalue weighted by atomic mass is 10.0. The Hall–Kier alpha value is 0.0500. The van der Waals surface area contributed by atoms with E-state index < -0.39 is 0 Å². The van der Waals surface area contributed by atoms with E-state index in [1.165, 1.54) is 30.6 Å². The molecule has 0 N–H and O–H groups in total. The lowest BCUT2D eigenvalue weighted by Crippen LogP contribution is -2.08. The average molecular weight is 313 g/mol. The molecule has 0 nitrogen and oxygen atoms in total. The molecule has 1 aliphatic rings. The first-order valence-electron chi connectivity index (χ1n) is 6.55. The minimum atomic E-state index is 0.691. The Morgan fingerprint density at radius 2 is 2.12 bits per heavy atom. The molecular weight excluding hydrogens is 292 g/mol. The van der Waals surface area contributed by atoms with Gasteiger partial charge in [0.25, 0.3) is 0 Å². The molecule has 2 rings (SSSR count). The van der Waals surface area contributed by atoms with E-state index >= 15 is 0 Å². The average Bonchev–Trinajstić information content (AvgIpc) is 2.71. The Bertz CT molecular complexity index is 337. The lowest BCUT2D eigenvalue weighted by Gasteiger charge is -2.14. The summed E-state index contributed by atoms with van der Waals surface area (Å²) in [6, 6.07) is 8.86. The van der Waals surface area contributed by atoms with Gasteiger partial charge in [-0.2, -0.15) is 0 Å². The van der Waals surface area contributed by atoms with Gasteiger partial charge in [-0.1, -0.05) is 54.4 Å². The second-order valence-electron chi connectivity index (χ2n) is 5.24. The highest BCUT2D eigenvalue weighted by Crippen LogP contribution is 2.39. The molecule has 1 heterocycles. The third-order valence-electron chi connectivity index (χ3n) is 3.44. The first-order valence-corrected chi connectivity index (χ1v) is 8.35. The van der Waals surface area contributed by atoms with E-state index in [-0.39, 0.29) is 0 Å². The number of hydrogen-bond donors (Lipinski definition) is 0. The van der Waals surface area contributed by atoms with Crippen LogP contribution in [0.15, 0.2) is 29.2 Å². The van der Waals surface area contributed by atoms with E-state index in [1.54, 1.807) is 5.56 Å². The molecule has 17 heavy (non-hydrogen) atoms. The molecule has 2 heteroatoms. The van der Waals surface area contributed by atoms with Crippen molar-refractivity contribution in [1.29, 1.82) is 0 Å². The molecule has 0 aliphatic carbocycles. The van der Waals surface area contributed by atoms with Crippen molar-refractivity contribution < 1.29 is 0 Å². The van der Waals surface area contributed by atoms with E-state index in [0.717, 1.165) is 11.2 Å². The maximum atomic E-state index is 3.77. The molecule has 0 aromatic heterocycles. The summed E-state index contributed by atoms with van der Waals surface area (Å²) < 4.78 is 0. The number of benzene rings is 1. The van der Waals surface area contributed by atoms with Crippen molar-refractivity contribution in [2.24, 2.45) is 5.92 Å². The van der Waals surface area contributed by atoms with Gasteiger partial charge in [-0.05, 0) is 36.8 Å². The number of thioether (sulfide) groups is 1. The maximum Gasteiger partial charge on any atom is 0.0168 e. The standard InChI is InChI=1S/C15H21BrS/c1-11(2)14(16)8-5-7-13-10-12-6-3-4-9-15(12)17-13/h3-4,6,9,11,13-14H,5,7-8,10H2,1-2H3. The Balaban J connectivity index is 1.73. The molecule has 1 aromatic rings. The molecule has 0 amide bonds. The zero-order valence-electron chi connectivity index (χ0n) is 10.7. The van der Waals surface area contributed by atoms with E-state index in [9.17, 15) is 0 Å². The zero-order valence-corrected chi connectivity index (χ0v) is 13.1. The van der Waals surface area contributed by atoms with Gasteiger partial charge in [0.15, 0.2) is 0 Å². The monoisotopic (exact) mass is 312 g/mol. The van der Waals surface area contributed by atoms with Crippen LogP contribution in [0.3, 0.4) is 0 Å². The molecule has 0 saturated heterocycles. The van der Waals surface area contributed by atoms with Crippen LogP contribution in [0, 0.1) is 5.92 Å². The minimum Gasteiger partial charge on any atom is -0.122 e. The van der Waals surface area contributed by atoms with Gasteiger partial charge in [-0.3, -0.25) is 0 Å². The molecule has 2 atom stereocenters. The molecule has 0 fully saturated rings. The van der Waals surface area contributed by atoms with Crippen molar-refractivity contribution in [2.75, 3.05) is 0 Å². The van der Waals surface area contributed by atoms with Crippen LogP contribution in [0.5, 0.6) is 0 Å². The molecule has 0 spiro atoms. The Morgan fingerprint density at radius 3 is 2.82 bits per heavy atom. The van der Waals surface area contributed by atoms with E-state index in [1.807, 2.05) is 0 Å². The summed E-state index contributed by atoms with van der Waals surface area (Å²) in [6.07, 6.45) is 5.29. The van der Waals surface area contributed by atoms with Crippen LogP contribution >= 0.6 is 27.7 Å². The fourth-order valence-corrected chi connectivity index (χ4v) is 3.98. The van der Waals surface area contributed by atoms with Crippen molar-refractivity contribution in [3.63, 3.8) is 0 Å². The summed E-state index contributed by atoms with van der Waals surface area (Å²) in [5.74, 6) is 0.753. The molecule has 1 aromatic carbocycles. The van der Waals surface area contributed by atoms with Crippen molar-refractivity contribution in [2.45, 2.75) is 54.5 Å². The van der Waals surface area contributed by atoms with E-state index in [4.69, 9.17) is 0 Å². The van der Waals surface area contributed by atoms with Crippen LogP contribution < -0.4 is 0 Å². The van der Waals surface area contributed by atoms with Crippen LogP contribution in [-0.2, 0) is 6.42 Å². The smallest absolute Gasteiger partial charge is 0.0168 e. The Kier molecular flexibility index (Phi) is 4.98. The van der Waals surface area contributed by atoms with E-state index in [2.05, 4.69) is 65.8 Å². The first-order chi connectivity index (χ1) is 8.16. The zero-order chi connectivity index (χ0) is 12.3. The second-order valence-corrected chi connectivity index (χ2v) is 7.76. The van der Waals surface area contributed by atoms with Crippen LogP contribution in [0.25, 0.3) is 0 Å². The van der Waals surface area contributed by atoms with Crippen LogP contribution in [0.4, 0.5) is 0 Å². The molecule has 2 unspecified atom stereocenters. The van der Waals surface area contributed by atoms with Gasteiger partial charge in [0, 0.05) is 15.0 Å². The van der Waals surface area contributed by atoms with E-state index in [0.29, 0.717) is 4.83 Å². The SMILES string of the molecule is CC(C)C(Br)CCCC1Cc2ccccc2S1. The first kappa shape index (κ1) is 13.5. The number of halogens is 1. The largest absolute Gasteiger partial charge is 0.122 e. The lowest BCUT2D eigenvalue weighted by molar-refractivity contribution is 0.546. The Morgan fingerprint density at radius 1 is 1.35 bits per heavy atom. The van der Waals surface area contributed by atoms with Gasteiger partial charge in [-0.25, -0.2) is 0 Å². The summed E-state index contributed by atoms with van der Waals surface area (Å²) in [5, 5.41) is 0.819. The highest BCUT2D eigenvalue weighted by Gasteiger charge is 2.21. The quantitative estimate of drug-likeness (QED) is 0.665. The van der Waals surface area contributed by atoms with Gasteiger partial charge in [0.2, 0.25) is 0 Å². The Labute approximate surface area is 118 Å². The summed E-state index contributed by atoms with van der Waals surface area (Å²) in [4.78, 5) is 2.20. The molecule has 0 saturated carbocycles. The maximum absolute atomic E-state index is 3.77. The van der Waals surface area contributed by atoms with Gasteiger partial charge in [-0.15, -0.1) is 11.8 Å². The normalized spacial score (nSPS) is 20.6. The highest BCUT2D eigenvalue weighted by atomic mass is 79.9. The van der Waals surface area contributed by atoms with Gasteiger partial charge < -0.3 is 0 Å². The second kappa shape index (κ2) is 6.29.